The third-order valence-corrected chi connectivity index (χ3v) is 3.60. The summed E-state index contributed by atoms with van der Waals surface area (Å²) in [5.41, 5.74) is 5.76. The molecule has 2 rings (SSSR count). The fourth-order valence-electron chi connectivity index (χ4n) is 2.53. The number of nitrogens with two attached hydrogens (primary N) is 1. The van der Waals surface area contributed by atoms with Gasteiger partial charge in [-0.3, -0.25) is 0 Å². The van der Waals surface area contributed by atoms with Gasteiger partial charge in [-0.25, -0.2) is 0 Å². The normalized spacial score (nSPS) is 35.8. The van der Waals surface area contributed by atoms with Crippen molar-refractivity contribution in [3.05, 3.63) is 0 Å². The van der Waals surface area contributed by atoms with E-state index >= 15 is 0 Å². The lowest BCUT2D eigenvalue weighted by molar-refractivity contribution is 0.0597. The van der Waals surface area contributed by atoms with Crippen LogP contribution in [0.1, 0.15) is 38.5 Å². The fourth-order valence-corrected chi connectivity index (χ4v) is 2.53. The molecule has 1 aliphatic carbocycles. The highest BCUT2D eigenvalue weighted by Gasteiger charge is 2.26. The lowest BCUT2D eigenvalue weighted by Gasteiger charge is -2.34. The summed E-state index contributed by atoms with van der Waals surface area (Å²) in [5.74, 6) is 1.91. The number of ether oxygens (including phenoxy) is 1. The van der Waals surface area contributed by atoms with Gasteiger partial charge in [0.15, 0.2) is 0 Å². The van der Waals surface area contributed by atoms with Crippen LogP contribution in [0.4, 0.5) is 0 Å². The van der Waals surface area contributed by atoms with Gasteiger partial charge in [0, 0.05) is 19.3 Å². The van der Waals surface area contributed by atoms with Crippen LogP contribution in [0.25, 0.3) is 0 Å². The summed E-state index contributed by atoms with van der Waals surface area (Å²) in [4.78, 5) is 0. The van der Waals surface area contributed by atoms with E-state index in [1.165, 1.54) is 38.5 Å². The Balaban J connectivity index is 1.56. The van der Waals surface area contributed by atoms with Crippen molar-refractivity contribution < 1.29 is 4.74 Å². The fraction of sp³-hybridized carbons (Fsp3) is 1.00. The third kappa shape index (κ3) is 2.68. The molecule has 0 unspecified atom stereocenters. The zero-order valence-corrected chi connectivity index (χ0v) is 8.37. The molecule has 0 radical (unpaired) electrons. The van der Waals surface area contributed by atoms with Crippen molar-refractivity contribution in [3.8, 4) is 0 Å². The van der Waals surface area contributed by atoms with Gasteiger partial charge in [0.05, 0.1) is 0 Å². The smallest absolute Gasteiger partial charge is 0.0468 e. The van der Waals surface area contributed by atoms with Crippen molar-refractivity contribution in [2.24, 2.45) is 17.6 Å². The molecular weight excluding hydrogens is 162 g/mol. The molecule has 0 spiro atoms. The van der Waals surface area contributed by atoms with Crippen LogP contribution in [0.3, 0.4) is 0 Å². The van der Waals surface area contributed by atoms with Crippen molar-refractivity contribution in [1.82, 2.24) is 0 Å². The largest absolute Gasteiger partial charge is 0.381 e. The molecule has 0 bridgehead atoms. The van der Waals surface area contributed by atoms with Crippen molar-refractivity contribution in [1.29, 1.82) is 0 Å². The molecule has 0 aromatic carbocycles. The van der Waals surface area contributed by atoms with E-state index in [1.54, 1.807) is 0 Å². The Hall–Kier alpha value is -0.0800. The number of hydrogen-bond acceptors (Lipinski definition) is 2. The zero-order valence-electron chi connectivity index (χ0n) is 8.37. The van der Waals surface area contributed by atoms with Crippen LogP contribution in [-0.4, -0.2) is 19.3 Å². The Morgan fingerprint density at radius 1 is 1.00 bits per heavy atom. The second kappa shape index (κ2) is 4.43. The molecule has 13 heavy (non-hydrogen) atoms. The van der Waals surface area contributed by atoms with Crippen LogP contribution in [0, 0.1) is 11.8 Å². The summed E-state index contributed by atoms with van der Waals surface area (Å²) in [7, 11) is 0. The first kappa shape index (κ1) is 9.47. The topological polar surface area (TPSA) is 35.2 Å². The highest BCUT2D eigenvalue weighted by Crippen LogP contribution is 2.32. The quantitative estimate of drug-likeness (QED) is 0.725. The van der Waals surface area contributed by atoms with Gasteiger partial charge in [-0.05, 0) is 37.5 Å². The van der Waals surface area contributed by atoms with Crippen LogP contribution < -0.4 is 5.73 Å². The van der Waals surface area contributed by atoms with Gasteiger partial charge in [-0.1, -0.05) is 12.8 Å². The molecule has 2 fully saturated rings. The molecule has 2 aliphatic rings. The maximum atomic E-state index is 5.76. The molecule has 0 atom stereocenters. The average Bonchev–Trinajstić information content (AvgIpc) is 2.12. The predicted molar refractivity (Wildman–Crippen MR) is 53.5 cm³/mol. The van der Waals surface area contributed by atoms with E-state index in [2.05, 4.69) is 0 Å². The van der Waals surface area contributed by atoms with E-state index in [4.69, 9.17) is 10.5 Å². The monoisotopic (exact) mass is 183 g/mol. The van der Waals surface area contributed by atoms with Gasteiger partial charge in [-0.15, -0.1) is 0 Å². The molecule has 0 amide bonds. The Labute approximate surface area is 80.8 Å². The first-order valence-electron chi connectivity index (χ1n) is 5.68. The number of rotatable bonds is 3. The average molecular weight is 183 g/mol. The standard InChI is InChI=1S/C11H21NO/c12-11-7-10(8-11)2-1-9-3-5-13-6-4-9/h9-11H,1-8,12H2. The van der Waals surface area contributed by atoms with E-state index in [-0.39, 0.29) is 0 Å². The van der Waals surface area contributed by atoms with Crippen molar-refractivity contribution >= 4 is 0 Å². The van der Waals surface area contributed by atoms with Crippen LogP contribution in [0.2, 0.25) is 0 Å². The minimum Gasteiger partial charge on any atom is -0.381 e. The van der Waals surface area contributed by atoms with Gasteiger partial charge < -0.3 is 10.5 Å². The van der Waals surface area contributed by atoms with Crippen LogP contribution in [0.15, 0.2) is 0 Å². The molecule has 1 aliphatic heterocycles. The summed E-state index contributed by atoms with van der Waals surface area (Å²) < 4.78 is 5.34. The first-order chi connectivity index (χ1) is 6.34. The summed E-state index contributed by atoms with van der Waals surface area (Å²) in [5, 5.41) is 0. The second-order valence-electron chi connectivity index (χ2n) is 4.73. The molecule has 2 N–H and O–H groups in total. The Morgan fingerprint density at radius 2 is 1.62 bits per heavy atom. The summed E-state index contributed by atoms with van der Waals surface area (Å²) in [6.45, 7) is 1.99. The lowest BCUT2D eigenvalue weighted by Crippen LogP contribution is -2.36. The lowest BCUT2D eigenvalue weighted by atomic mass is 9.76. The minimum atomic E-state index is 0.527. The van der Waals surface area contributed by atoms with E-state index in [1.807, 2.05) is 0 Å². The second-order valence-corrected chi connectivity index (χ2v) is 4.73. The van der Waals surface area contributed by atoms with Gasteiger partial charge in [0.25, 0.3) is 0 Å². The molecule has 0 aromatic heterocycles. The van der Waals surface area contributed by atoms with Crippen molar-refractivity contribution in [2.45, 2.75) is 44.6 Å². The molecule has 2 nitrogen and oxygen atoms in total. The van der Waals surface area contributed by atoms with E-state index < -0.39 is 0 Å². The highest BCUT2D eigenvalue weighted by molar-refractivity contribution is 4.82. The molecule has 1 heterocycles. The SMILES string of the molecule is NC1CC(CCC2CCOCC2)C1. The summed E-state index contributed by atoms with van der Waals surface area (Å²) in [6, 6.07) is 0.527. The molecule has 2 heteroatoms. The predicted octanol–water partition coefficient (Wildman–Crippen LogP) is 1.93. The zero-order chi connectivity index (χ0) is 9.10. The van der Waals surface area contributed by atoms with E-state index in [0.717, 1.165) is 25.0 Å². The Morgan fingerprint density at radius 3 is 2.23 bits per heavy atom. The van der Waals surface area contributed by atoms with Gasteiger partial charge in [0.2, 0.25) is 0 Å². The third-order valence-electron chi connectivity index (χ3n) is 3.60. The van der Waals surface area contributed by atoms with Crippen molar-refractivity contribution in [3.63, 3.8) is 0 Å². The van der Waals surface area contributed by atoms with Gasteiger partial charge >= 0.3 is 0 Å². The maximum Gasteiger partial charge on any atom is 0.0468 e. The Kier molecular flexibility index (Phi) is 3.23. The minimum absolute atomic E-state index is 0.527. The maximum absolute atomic E-state index is 5.76. The van der Waals surface area contributed by atoms with Crippen molar-refractivity contribution in [2.75, 3.05) is 13.2 Å². The van der Waals surface area contributed by atoms with Crippen LogP contribution >= 0.6 is 0 Å². The van der Waals surface area contributed by atoms with Gasteiger partial charge in [0.1, 0.15) is 0 Å². The summed E-state index contributed by atoms with van der Waals surface area (Å²) >= 11 is 0. The van der Waals surface area contributed by atoms with Gasteiger partial charge in [-0.2, -0.15) is 0 Å². The molecule has 1 saturated heterocycles. The molecule has 76 valence electrons. The summed E-state index contributed by atoms with van der Waals surface area (Å²) in [6.07, 6.45) is 7.98. The van der Waals surface area contributed by atoms with Crippen LogP contribution in [-0.2, 0) is 4.74 Å². The molecule has 1 saturated carbocycles. The van der Waals surface area contributed by atoms with E-state index in [9.17, 15) is 0 Å². The van der Waals surface area contributed by atoms with Crippen LogP contribution in [0.5, 0.6) is 0 Å². The first-order valence-corrected chi connectivity index (χ1v) is 5.68. The number of hydrogen-bond donors (Lipinski definition) is 1. The highest BCUT2D eigenvalue weighted by atomic mass is 16.5. The Bertz CT molecular complexity index is 148. The molecular formula is C11H21NO. The van der Waals surface area contributed by atoms with E-state index in [0.29, 0.717) is 6.04 Å². The molecule has 0 aromatic rings.